The van der Waals surface area contributed by atoms with E-state index >= 15 is 0 Å². The van der Waals surface area contributed by atoms with Gasteiger partial charge in [0.1, 0.15) is 11.6 Å². The third-order valence-corrected chi connectivity index (χ3v) is 3.88. The van der Waals surface area contributed by atoms with Crippen molar-refractivity contribution < 1.29 is 13.7 Å². The molecule has 0 unspecified atom stereocenters. The molecule has 4 rings (SSSR count). The fourth-order valence-electron chi connectivity index (χ4n) is 2.75. The van der Waals surface area contributed by atoms with Gasteiger partial charge < -0.3 is 14.2 Å². The molecule has 0 saturated carbocycles. The topological polar surface area (TPSA) is 51.0 Å². The number of nitrogens with one attached hydrogen (secondary N) is 1. The Kier molecular flexibility index (Phi) is 3.46. The summed E-state index contributed by atoms with van der Waals surface area (Å²) in [6.45, 7) is 0.583. The van der Waals surface area contributed by atoms with E-state index in [0.717, 1.165) is 40.6 Å². The molecule has 0 fully saturated rings. The van der Waals surface area contributed by atoms with E-state index in [2.05, 4.69) is 10.1 Å². The van der Waals surface area contributed by atoms with Gasteiger partial charge in [-0.05, 0) is 43.2 Å². The average molecular weight is 310 g/mol. The minimum atomic E-state index is -0.317. The Hall–Kier alpha value is -2.82. The lowest BCUT2D eigenvalue weighted by Crippen LogP contribution is -2.00. The largest absolute Gasteiger partial charge is 0.493 e. The SMILES string of the molecule is Fc1ccc2c(CCCOc3cccc4[nH]ccc34)noc2c1. The van der Waals surface area contributed by atoms with Crippen molar-refractivity contribution in [1.82, 2.24) is 10.1 Å². The van der Waals surface area contributed by atoms with Crippen molar-refractivity contribution in [1.29, 1.82) is 0 Å². The van der Waals surface area contributed by atoms with Gasteiger partial charge >= 0.3 is 0 Å². The van der Waals surface area contributed by atoms with Crippen LogP contribution in [0.4, 0.5) is 4.39 Å². The highest BCUT2D eigenvalue weighted by atomic mass is 19.1. The van der Waals surface area contributed by atoms with Crippen LogP contribution >= 0.6 is 0 Å². The first-order chi connectivity index (χ1) is 11.3. The minimum absolute atomic E-state index is 0.317. The first kappa shape index (κ1) is 13.8. The molecule has 0 radical (unpaired) electrons. The summed E-state index contributed by atoms with van der Waals surface area (Å²) in [6, 6.07) is 12.4. The van der Waals surface area contributed by atoms with E-state index in [1.54, 1.807) is 6.07 Å². The van der Waals surface area contributed by atoms with E-state index in [9.17, 15) is 4.39 Å². The van der Waals surface area contributed by atoms with Crippen molar-refractivity contribution in [2.24, 2.45) is 0 Å². The number of fused-ring (bicyclic) bond motifs is 2. The van der Waals surface area contributed by atoms with Gasteiger partial charge in [0, 0.05) is 28.6 Å². The number of H-pyrrole nitrogens is 1. The third-order valence-electron chi connectivity index (χ3n) is 3.88. The van der Waals surface area contributed by atoms with Gasteiger partial charge in [-0.2, -0.15) is 0 Å². The van der Waals surface area contributed by atoms with Crippen molar-refractivity contribution in [2.75, 3.05) is 6.61 Å². The Morgan fingerprint density at radius 2 is 2.09 bits per heavy atom. The van der Waals surface area contributed by atoms with Crippen LogP contribution in [0, 0.1) is 5.82 Å². The molecule has 4 nitrogen and oxygen atoms in total. The lowest BCUT2D eigenvalue weighted by Gasteiger charge is -2.06. The fourth-order valence-corrected chi connectivity index (χ4v) is 2.75. The summed E-state index contributed by atoms with van der Waals surface area (Å²) < 4.78 is 24.2. The number of hydrogen-bond acceptors (Lipinski definition) is 3. The Bertz CT molecular complexity index is 958. The van der Waals surface area contributed by atoms with Crippen LogP contribution in [0.3, 0.4) is 0 Å². The fraction of sp³-hybridized carbons (Fsp3) is 0.167. The van der Waals surface area contributed by atoms with Gasteiger partial charge in [-0.15, -0.1) is 0 Å². The summed E-state index contributed by atoms with van der Waals surface area (Å²) in [5, 5.41) is 5.96. The summed E-state index contributed by atoms with van der Waals surface area (Å²) in [7, 11) is 0. The number of nitrogens with zero attached hydrogens (tertiary/aromatic N) is 1. The van der Waals surface area contributed by atoms with Crippen molar-refractivity contribution in [3.05, 3.63) is 60.2 Å². The van der Waals surface area contributed by atoms with E-state index in [1.807, 2.05) is 30.5 Å². The minimum Gasteiger partial charge on any atom is -0.493 e. The number of aromatic nitrogens is 2. The highest BCUT2D eigenvalue weighted by molar-refractivity contribution is 5.85. The summed E-state index contributed by atoms with van der Waals surface area (Å²) in [5.41, 5.74) is 2.38. The molecule has 116 valence electrons. The van der Waals surface area contributed by atoms with Crippen LogP contribution in [0.1, 0.15) is 12.1 Å². The van der Waals surface area contributed by atoms with Gasteiger partial charge in [-0.1, -0.05) is 11.2 Å². The van der Waals surface area contributed by atoms with Crippen LogP contribution in [0.15, 0.2) is 53.2 Å². The van der Waals surface area contributed by atoms with E-state index < -0.39 is 0 Å². The van der Waals surface area contributed by atoms with Gasteiger partial charge in [0.05, 0.1) is 12.3 Å². The van der Waals surface area contributed by atoms with Gasteiger partial charge in [-0.25, -0.2) is 4.39 Å². The lowest BCUT2D eigenvalue weighted by molar-refractivity contribution is 0.313. The molecule has 0 saturated heterocycles. The smallest absolute Gasteiger partial charge is 0.170 e. The van der Waals surface area contributed by atoms with Gasteiger partial charge in [-0.3, -0.25) is 0 Å². The molecule has 0 aliphatic heterocycles. The van der Waals surface area contributed by atoms with Crippen LogP contribution in [-0.2, 0) is 6.42 Å². The summed E-state index contributed by atoms with van der Waals surface area (Å²) in [5.74, 6) is 0.555. The number of aromatic amines is 1. The maximum atomic E-state index is 13.1. The molecule has 2 aromatic carbocycles. The zero-order valence-electron chi connectivity index (χ0n) is 12.4. The maximum absolute atomic E-state index is 13.1. The highest BCUT2D eigenvalue weighted by Gasteiger charge is 2.09. The molecule has 0 amide bonds. The van der Waals surface area contributed by atoms with Crippen LogP contribution in [0.5, 0.6) is 5.75 Å². The number of hydrogen-bond donors (Lipinski definition) is 1. The number of ether oxygens (including phenoxy) is 1. The number of benzene rings is 2. The van der Waals surface area contributed by atoms with Crippen molar-refractivity contribution in [3.8, 4) is 5.75 Å². The van der Waals surface area contributed by atoms with E-state index in [-0.39, 0.29) is 5.82 Å². The molecule has 4 aromatic rings. The lowest BCUT2D eigenvalue weighted by atomic mass is 10.1. The molecule has 23 heavy (non-hydrogen) atoms. The quantitative estimate of drug-likeness (QED) is 0.554. The Morgan fingerprint density at radius 1 is 1.13 bits per heavy atom. The zero-order chi connectivity index (χ0) is 15.6. The zero-order valence-corrected chi connectivity index (χ0v) is 12.4. The van der Waals surface area contributed by atoms with Gasteiger partial charge in [0.2, 0.25) is 0 Å². The molecule has 0 aliphatic rings. The van der Waals surface area contributed by atoms with Gasteiger partial charge in [0.25, 0.3) is 0 Å². The van der Waals surface area contributed by atoms with Gasteiger partial charge in [0.15, 0.2) is 5.58 Å². The summed E-state index contributed by atoms with van der Waals surface area (Å²) in [6.07, 6.45) is 3.43. The molecule has 2 heterocycles. The molecule has 0 spiro atoms. The molecule has 0 bridgehead atoms. The highest BCUT2D eigenvalue weighted by Crippen LogP contribution is 2.25. The van der Waals surface area contributed by atoms with Crippen LogP contribution in [-0.4, -0.2) is 16.7 Å². The van der Waals surface area contributed by atoms with Crippen molar-refractivity contribution >= 4 is 21.9 Å². The van der Waals surface area contributed by atoms with E-state index in [0.29, 0.717) is 12.2 Å². The Balaban J connectivity index is 1.41. The third kappa shape index (κ3) is 2.65. The van der Waals surface area contributed by atoms with Crippen LogP contribution in [0.25, 0.3) is 21.9 Å². The second-order valence-electron chi connectivity index (χ2n) is 5.42. The normalized spacial score (nSPS) is 11.3. The first-order valence-electron chi connectivity index (χ1n) is 7.54. The summed E-state index contributed by atoms with van der Waals surface area (Å²) in [4.78, 5) is 3.16. The molecule has 0 aliphatic carbocycles. The second kappa shape index (κ2) is 5.76. The molecule has 5 heteroatoms. The monoisotopic (exact) mass is 310 g/mol. The Morgan fingerprint density at radius 3 is 3.04 bits per heavy atom. The molecular formula is C18H15FN2O2. The number of rotatable bonds is 5. The molecule has 2 aromatic heterocycles. The van der Waals surface area contributed by atoms with Crippen molar-refractivity contribution in [2.45, 2.75) is 12.8 Å². The number of aryl methyl sites for hydroxylation is 1. The standard InChI is InChI=1S/C18H15FN2O2/c19-12-6-7-13-16(21-23-18(13)11-12)4-2-10-22-17-5-1-3-15-14(17)8-9-20-15/h1,3,5-9,11,20H,2,4,10H2. The average Bonchev–Trinajstić information content (AvgIpc) is 3.18. The molecule has 1 N–H and O–H groups in total. The number of halogens is 1. The summed E-state index contributed by atoms with van der Waals surface area (Å²) >= 11 is 0. The molecular weight excluding hydrogens is 295 g/mol. The van der Waals surface area contributed by atoms with Crippen molar-refractivity contribution in [3.63, 3.8) is 0 Å². The molecule has 0 atom stereocenters. The predicted molar refractivity (Wildman–Crippen MR) is 86.1 cm³/mol. The van der Waals surface area contributed by atoms with E-state index in [1.165, 1.54) is 12.1 Å². The van der Waals surface area contributed by atoms with E-state index in [4.69, 9.17) is 9.26 Å². The first-order valence-corrected chi connectivity index (χ1v) is 7.54. The second-order valence-corrected chi connectivity index (χ2v) is 5.42. The van der Waals surface area contributed by atoms with Crippen LogP contribution < -0.4 is 4.74 Å². The Labute approximate surface area is 131 Å². The maximum Gasteiger partial charge on any atom is 0.170 e. The predicted octanol–water partition coefficient (Wildman–Crippen LogP) is 4.46. The van der Waals surface area contributed by atoms with Crippen LogP contribution in [0.2, 0.25) is 0 Å².